The van der Waals surface area contributed by atoms with Crippen molar-refractivity contribution in [3.63, 3.8) is 0 Å². The molecule has 2 amide bonds. The van der Waals surface area contributed by atoms with Gasteiger partial charge in [0.25, 0.3) is 0 Å². The van der Waals surface area contributed by atoms with Crippen LogP contribution in [0, 0.1) is 5.92 Å². The topological polar surface area (TPSA) is 75.4 Å². The van der Waals surface area contributed by atoms with Gasteiger partial charge in [-0.3, -0.25) is 9.59 Å². The lowest BCUT2D eigenvalue weighted by molar-refractivity contribution is -0.134. The van der Waals surface area contributed by atoms with Crippen LogP contribution in [0.15, 0.2) is 30.3 Å². The number of amides is 2. The highest BCUT2D eigenvalue weighted by molar-refractivity contribution is 5.93. The Morgan fingerprint density at radius 3 is 2.76 bits per heavy atom. The molecule has 1 aliphatic rings. The van der Waals surface area contributed by atoms with Crippen LogP contribution in [0.1, 0.15) is 26.2 Å². The van der Waals surface area contributed by atoms with Gasteiger partial charge in [0, 0.05) is 31.2 Å². The summed E-state index contributed by atoms with van der Waals surface area (Å²) in [5.41, 5.74) is 6.46. The summed E-state index contributed by atoms with van der Waals surface area (Å²) < 4.78 is 0. The van der Waals surface area contributed by atoms with Crippen LogP contribution in [0.4, 0.5) is 5.69 Å². The summed E-state index contributed by atoms with van der Waals surface area (Å²) in [6.45, 7) is 3.03. The van der Waals surface area contributed by atoms with E-state index in [0.717, 1.165) is 25.1 Å². The van der Waals surface area contributed by atoms with Gasteiger partial charge >= 0.3 is 0 Å². The molecule has 5 heteroatoms. The Bertz CT molecular complexity index is 488. The predicted octanol–water partition coefficient (Wildman–Crippen LogP) is 1.60. The lowest BCUT2D eigenvalue weighted by Gasteiger charge is -2.32. The average molecular weight is 289 g/mol. The van der Waals surface area contributed by atoms with Gasteiger partial charge in [0.2, 0.25) is 11.8 Å². The average Bonchev–Trinajstić information content (AvgIpc) is 2.47. The lowest BCUT2D eigenvalue weighted by Crippen LogP contribution is -2.45. The molecule has 1 saturated heterocycles. The van der Waals surface area contributed by atoms with Crippen LogP contribution in [0.5, 0.6) is 0 Å². The summed E-state index contributed by atoms with van der Waals surface area (Å²) in [6, 6.07) is 9.25. The third kappa shape index (κ3) is 4.56. The predicted molar refractivity (Wildman–Crippen MR) is 82.6 cm³/mol. The summed E-state index contributed by atoms with van der Waals surface area (Å²) in [6.07, 6.45) is 2.02. The number of benzene rings is 1. The number of rotatable bonds is 4. The number of para-hydroxylation sites is 1. The Balaban J connectivity index is 1.91. The molecule has 21 heavy (non-hydrogen) atoms. The molecule has 2 unspecified atom stereocenters. The minimum absolute atomic E-state index is 0.0144. The number of nitrogens with one attached hydrogen (secondary N) is 1. The molecule has 0 bridgehead atoms. The van der Waals surface area contributed by atoms with Crippen molar-refractivity contribution in [2.24, 2.45) is 11.7 Å². The van der Waals surface area contributed by atoms with E-state index >= 15 is 0 Å². The largest absolute Gasteiger partial charge is 0.342 e. The van der Waals surface area contributed by atoms with Crippen LogP contribution in [-0.4, -0.2) is 35.8 Å². The number of anilines is 1. The Hall–Kier alpha value is -1.88. The Morgan fingerprint density at radius 1 is 1.38 bits per heavy atom. The molecular weight excluding hydrogens is 266 g/mol. The minimum Gasteiger partial charge on any atom is -0.342 e. The van der Waals surface area contributed by atoms with Crippen molar-refractivity contribution in [2.75, 3.05) is 18.4 Å². The smallest absolute Gasteiger partial charge is 0.229 e. The normalized spacial score (nSPS) is 19.9. The lowest BCUT2D eigenvalue weighted by atomic mass is 9.96. The number of carbonyl (C=O) groups excluding carboxylic acids is 2. The summed E-state index contributed by atoms with van der Waals surface area (Å²) in [4.78, 5) is 26.1. The first kappa shape index (κ1) is 15.5. The Kier molecular flexibility index (Phi) is 5.33. The molecule has 1 aromatic carbocycles. The number of nitrogens with two attached hydrogens (primary N) is 1. The fourth-order valence-electron chi connectivity index (χ4n) is 2.59. The highest BCUT2D eigenvalue weighted by atomic mass is 16.2. The van der Waals surface area contributed by atoms with Gasteiger partial charge in [-0.15, -0.1) is 0 Å². The minimum atomic E-state index is -0.143. The van der Waals surface area contributed by atoms with Gasteiger partial charge in [-0.05, 0) is 31.9 Å². The Labute approximate surface area is 125 Å². The second-order valence-electron chi connectivity index (χ2n) is 5.72. The fourth-order valence-corrected chi connectivity index (χ4v) is 2.59. The van der Waals surface area contributed by atoms with E-state index in [4.69, 9.17) is 5.73 Å². The molecule has 0 saturated carbocycles. The number of hydrogen-bond acceptors (Lipinski definition) is 3. The first-order valence-electron chi connectivity index (χ1n) is 7.45. The van der Waals surface area contributed by atoms with E-state index in [2.05, 4.69) is 5.32 Å². The molecule has 114 valence electrons. The van der Waals surface area contributed by atoms with Crippen molar-refractivity contribution in [3.05, 3.63) is 30.3 Å². The molecule has 3 N–H and O–H groups in total. The van der Waals surface area contributed by atoms with Gasteiger partial charge in [-0.2, -0.15) is 0 Å². The van der Waals surface area contributed by atoms with Gasteiger partial charge in [0.15, 0.2) is 0 Å². The molecule has 1 fully saturated rings. The maximum absolute atomic E-state index is 12.3. The van der Waals surface area contributed by atoms with E-state index in [-0.39, 0.29) is 23.8 Å². The number of carbonyl (C=O) groups is 2. The summed E-state index contributed by atoms with van der Waals surface area (Å²) in [7, 11) is 0. The molecular formula is C16H23N3O2. The molecule has 2 rings (SSSR count). The van der Waals surface area contributed by atoms with E-state index in [1.54, 1.807) is 4.90 Å². The van der Waals surface area contributed by atoms with Gasteiger partial charge in [0.1, 0.15) is 0 Å². The zero-order valence-electron chi connectivity index (χ0n) is 12.4. The van der Waals surface area contributed by atoms with E-state index in [0.29, 0.717) is 13.0 Å². The van der Waals surface area contributed by atoms with Crippen LogP contribution in [0.25, 0.3) is 0 Å². The van der Waals surface area contributed by atoms with Gasteiger partial charge < -0.3 is 16.0 Å². The first-order chi connectivity index (χ1) is 10.1. The summed E-state index contributed by atoms with van der Waals surface area (Å²) in [5.74, 6) is -0.113. The summed E-state index contributed by atoms with van der Waals surface area (Å²) >= 11 is 0. The third-order valence-electron chi connectivity index (χ3n) is 3.68. The summed E-state index contributed by atoms with van der Waals surface area (Å²) in [5, 5.41) is 2.91. The van der Waals surface area contributed by atoms with Crippen molar-refractivity contribution in [3.8, 4) is 0 Å². The zero-order chi connectivity index (χ0) is 15.2. The third-order valence-corrected chi connectivity index (χ3v) is 3.68. The van der Waals surface area contributed by atoms with E-state index < -0.39 is 0 Å². The molecule has 0 spiro atoms. The molecule has 5 nitrogen and oxygen atoms in total. The number of piperidine rings is 1. The van der Waals surface area contributed by atoms with Crippen molar-refractivity contribution in [1.82, 2.24) is 4.90 Å². The molecule has 1 heterocycles. The standard InChI is InChI=1S/C16H23N3O2/c1-12(17)10-15(20)19-9-5-6-13(11-19)16(21)18-14-7-3-2-4-8-14/h2-4,7-8,12-13H,5-6,9-11,17H2,1H3,(H,18,21). The maximum atomic E-state index is 12.3. The SMILES string of the molecule is CC(N)CC(=O)N1CCCC(C(=O)Nc2ccccc2)C1. The highest BCUT2D eigenvalue weighted by Crippen LogP contribution is 2.19. The fraction of sp³-hybridized carbons (Fsp3) is 0.500. The van der Waals surface area contributed by atoms with Crippen LogP contribution < -0.4 is 11.1 Å². The Morgan fingerprint density at radius 2 is 2.10 bits per heavy atom. The molecule has 1 aromatic rings. The van der Waals surface area contributed by atoms with E-state index in [1.807, 2.05) is 37.3 Å². The number of likely N-dealkylation sites (tertiary alicyclic amines) is 1. The van der Waals surface area contributed by atoms with Gasteiger partial charge in [-0.1, -0.05) is 18.2 Å². The molecule has 0 aliphatic carbocycles. The quantitative estimate of drug-likeness (QED) is 0.884. The molecule has 0 aromatic heterocycles. The van der Waals surface area contributed by atoms with Crippen molar-refractivity contribution in [1.29, 1.82) is 0 Å². The van der Waals surface area contributed by atoms with Crippen LogP contribution in [-0.2, 0) is 9.59 Å². The van der Waals surface area contributed by atoms with Gasteiger partial charge in [0.05, 0.1) is 5.92 Å². The second-order valence-corrected chi connectivity index (χ2v) is 5.72. The van der Waals surface area contributed by atoms with Crippen LogP contribution >= 0.6 is 0 Å². The molecule has 2 atom stereocenters. The van der Waals surface area contributed by atoms with Crippen molar-refractivity contribution >= 4 is 17.5 Å². The van der Waals surface area contributed by atoms with Crippen molar-refractivity contribution < 1.29 is 9.59 Å². The number of hydrogen-bond donors (Lipinski definition) is 2. The highest BCUT2D eigenvalue weighted by Gasteiger charge is 2.28. The monoisotopic (exact) mass is 289 g/mol. The van der Waals surface area contributed by atoms with Crippen LogP contribution in [0.3, 0.4) is 0 Å². The molecule has 1 aliphatic heterocycles. The van der Waals surface area contributed by atoms with Crippen molar-refractivity contribution in [2.45, 2.75) is 32.2 Å². The maximum Gasteiger partial charge on any atom is 0.229 e. The van der Waals surface area contributed by atoms with Crippen LogP contribution in [0.2, 0.25) is 0 Å². The van der Waals surface area contributed by atoms with Gasteiger partial charge in [-0.25, -0.2) is 0 Å². The zero-order valence-corrected chi connectivity index (χ0v) is 12.4. The second kappa shape index (κ2) is 7.22. The first-order valence-corrected chi connectivity index (χ1v) is 7.45. The van der Waals surface area contributed by atoms with E-state index in [1.165, 1.54) is 0 Å². The molecule has 0 radical (unpaired) electrons. The van der Waals surface area contributed by atoms with E-state index in [9.17, 15) is 9.59 Å². The number of nitrogens with zero attached hydrogens (tertiary/aromatic N) is 1.